The van der Waals surface area contributed by atoms with Crippen molar-refractivity contribution in [2.75, 3.05) is 0 Å². The molecule has 36 heavy (non-hydrogen) atoms. The van der Waals surface area contributed by atoms with Gasteiger partial charge in [-0.1, -0.05) is 116 Å². The van der Waals surface area contributed by atoms with Crippen LogP contribution in [0.25, 0.3) is 0 Å². The zero-order valence-electron chi connectivity index (χ0n) is 22.7. The van der Waals surface area contributed by atoms with Crippen molar-refractivity contribution in [2.24, 2.45) is 0 Å². The number of carboxylic acid groups (broad SMARTS) is 1. The van der Waals surface area contributed by atoms with Crippen molar-refractivity contribution in [3.05, 3.63) is 23.8 Å². The van der Waals surface area contributed by atoms with Gasteiger partial charge in [0.15, 0.2) is 6.10 Å². The van der Waals surface area contributed by atoms with Crippen LogP contribution in [0.3, 0.4) is 0 Å². The maximum Gasteiger partial charge on any atom is 0.344 e. The molecule has 208 valence electrons. The van der Waals surface area contributed by atoms with E-state index in [0.717, 1.165) is 38.5 Å². The Balaban J connectivity index is 2.53. The highest BCUT2D eigenvalue weighted by atomic mass is 32.2. The largest absolute Gasteiger partial charge is 0.479 e. The molecule has 6 nitrogen and oxygen atoms in total. The average Bonchev–Trinajstić information content (AvgIpc) is 2.83. The molecule has 0 aliphatic carbocycles. The van der Waals surface area contributed by atoms with Crippen LogP contribution in [-0.2, 0) is 21.3 Å². The lowest BCUT2D eigenvalue weighted by atomic mass is 10.0. The molecule has 0 amide bonds. The Morgan fingerprint density at radius 1 is 0.778 bits per heavy atom. The third kappa shape index (κ3) is 14.8. The summed E-state index contributed by atoms with van der Waals surface area (Å²) in [5, 5.41) is 9.59. The second-order valence-corrected chi connectivity index (χ2v) is 11.4. The van der Waals surface area contributed by atoms with Crippen molar-refractivity contribution >= 4 is 16.1 Å². The van der Waals surface area contributed by atoms with Gasteiger partial charge in [0, 0.05) is 6.07 Å². The number of hydrogen-bond acceptors (Lipinski definition) is 4. The minimum atomic E-state index is -4.43. The van der Waals surface area contributed by atoms with E-state index in [1.54, 1.807) is 12.1 Å². The molecule has 0 spiro atoms. The highest BCUT2D eigenvalue weighted by Crippen LogP contribution is 2.26. The molecule has 1 aromatic carbocycles. The number of aryl methyl sites for hydroxylation is 1. The molecular weight excluding hydrogens is 476 g/mol. The molecule has 7 heteroatoms. The van der Waals surface area contributed by atoms with Crippen molar-refractivity contribution in [1.29, 1.82) is 0 Å². The normalized spacial score (nSPS) is 12.5. The van der Waals surface area contributed by atoms with E-state index in [0.29, 0.717) is 18.4 Å². The average molecular weight is 527 g/mol. The Morgan fingerprint density at radius 2 is 1.25 bits per heavy atom. The molecule has 0 saturated carbocycles. The van der Waals surface area contributed by atoms with Gasteiger partial charge in [-0.25, -0.2) is 4.79 Å². The second kappa shape index (κ2) is 19.5. The van der Waals surface area contributed by atoms with Crippen LogP contribution in [0, 0.1) is 0 Å². The van der Waals surface area contributed by atoms with E-state index in [2.05, 4.69) is 13.8 Å². The molecule has 0 aliphatic rings. The number of rotatable bonds is 23. The molecule has 0 aromatic heterocycles. The molecule has 0 radical (unpaired) electrons. The molecule has 1 atom stereocenters. The Kier molecular flexibility index (Phi) is 17.6. The predicted octanol–water partition coefficient (Wildman–Crippen LogP) is 8.37. The Labute approximate surface area is 220 Å². The standard InChI is InChI=1S/C29H50O6S/c1-3-5-7-9-11-12-13-15-17-19-21-27(29(30)31)35-26-23-22-25(28(24-26)36(32,33)34)20-18-16-14-10-8-6-4-2/h22-24,27H,3-21H2,1-2H3,(H,30,31)(H,32,33,34). The van der Waals surface area contributed by atoms with E-state index in [4.69, 9.17) is 4.74 Å². The fourth-order valence-corrected chi connectivity index (χ4v) is 5.31. The second-order valence-electron chi connectivity index (χ2n) is 10.0. The van der Waals surface area contributed by atoms with Crippen molar-refractivity contribution < 1.29 is 27.6 Å². The van der Waals surface area contributed by atoms with E-state index in [9.17, 15) is 22.9 Å². The zero-order chi connectivity index (χ0) is 26.7. The number of unbranched alkanes of at least 4 members (excludes halogenated alkanes) is 15. The third-order valence-corrected chi connectivity index (χ3v) is 7.68. The van der Waals surface area contributed by atoms with Gasteiger partial charge in [-0.15, -0.1) is 0 Å². The summed E-state index contributed by atoms with van der Waals surface area (Å²) >= 11 is 0. The minimum absolute atomic E-state index is 0.158. The van der Waals surface area contributed by atoms with E-state index in [1.165, 1.54) is 76.7 Å². The predicted molar refractivity (Wildman–Crippen MR) is 146 cm³/mol. The van der Waals surface area contributed by atoms with Gasteiger partial charge in [-0.2, -0.15) is 8.42 Å². The summed E-state index contributed by atoms with van der Waals surface area (Å²) in [5.74, 6) is -0.906. The van der Waals surface area contributed by atoms with Crippen LogP contribution >= 0.6 is 0 Å². The van der Waals surface area contributed by atoms with E-state index in [1.807, 2.05) is 0 Å². The molecule has 0 bridgehead atoms. The first-order chi connectivity index (χ1) is 17.3. The summed E-state index contributed by atoms with van der Waals surface area (Å²) in [7, 11) is -4.43. The molecule has 2 N–H and O–H groups in total. The van der Waals surface area contributed by atoms with Crippen molar-refractivity contribution in [2.45, 2.75) is 147 Å². The number of hydrogen-bond donors (Lipinski definition) is 2. The van der Waals surface area contributed by atoms with Crippen LogP contribution in [0.2, 0.25) is 0 Å². The fourth-order valence-electron chi connectivity index (χ4n) is 4.54. The van der Waals surface area contributed by atoms with Crippen LogP contribution in [0.1, 0.15) is 135 Å². The first-order valence-corrected chi connectivity index (χ1v) is 15.7. The topological polar surface area (TPSA) is 101 Å². The molecule has 0 aliphatic heterocycles. The van der Waals surface area contributed by atoms with Gasteiger partial charge >= 0.3 is 5.97 Å². The summed E-state index contributed by atoms with van der Waals surface area (Å²) in [6.07, 6.45) is 19.3. The lowest BCUT2D eigenvalue weighted by molar-refractivity contribution is -0.145. The lowest BCUT2D eigenvalue weighted by Gasteiger charge is -2.17. The SMILES string of the molecule is CCCCCCCCCCCCC(Oc1ccc(CCCCCCCCC)c(S(=O)(=O)O)c1)C(=O)O. The summed E-state index contributed by atoms with van der Waals surface area (Å²) in [6, 6.07) is 4.51. The molecule has 0 saturated heterocycles. The van der Waals surface area contributed by atoms with Crippen LogP contribution in [0.15, 0.2) is 23.1 Å². The van der Waals surface area contributed by atoms with Gasteiger partial charge in [0.2, 0.25) is 0 Å². The molecule has 0 fully saturated rings. The maximum atomic E-state index is 12.0. The van der Waals surface area contributed by atoms with E-state index < -0.39 is 22.2 Å². The number of carboxylic acids is 1. The molecule has 1 unspecified atom stereocenters. The monoisotopic (exact) mass is 526 g/mol. The Bertz CT molecular complexity index is 821. The van der Waals surface area contributed by atoms with Gasteiger partial charge in [0.1, 0.15) is 10.6 Å². The summed E-state index contributed by atoms with van der Waals surface area (Å²) in [4.78, 5) is 11.5. The van der Waals surface area contributed by atoms with Gasteiger partial charge in [-0.3, -0.25) is 4.55 Å². The van der Waals surface area contributed by atoms with Gasteiger partial charge in [0.05, 0.1) is 0 Å². The first kappa shape index (κ1) is 32.4. The number of benzene rings is 1. The van der Waals surface area contributed by atoms with Crippen molar-refractivity contribution in [1.82, 2.24) is 0 Å². The smallest absolute Gasteiger partial charge is 0.344 e. The van der Waals surface area contributed by atoms with Crippen LogP contribution in [0.5, 0.6) is 5.75 Å². The third-order valence-electron chi connectivity index (χ3n) is 6.74. The van der Waals surface area contributed by atoms with Gasteiger partial charge in [-0.05, 0) is 37.3 Å². The Hall–Kier alpha value is -1.60. The number of ether oxygens (including phenoxy) is 1. The van der Waals surface area contributed by atoms with Crippen molar-refractivity contribution in [3.63, 3.8) is 0 Å². The molecule has 1 rings (SSSR count). The Morgan fingerprint density at radius 3 is 1.72 bits per heavy atom. The molecule has 1 aromatic rings. The van der Waals surface area contributed by atoms with E-state index in [-0.39, 0.29) is 10.6 Å². The summed E-state index contributed by atoms with van der Waals surface area (Å²) < 4.78 is 39.4. The first-order valence-electron chi connectivity index (χ1n) is 14.3. The van der Waals surface area contributed by atoms with Gasteiger partial charge < -0.3 is 9.84 Å². The quantitative estimate of drug-likeness (QED) is 0.110. The van der Waals surface area contributed by atoms with Gasteiger partial charge in [0.25, 0.3) is 10.1 Å². The summed E-state index contributed by atoms with van der Waals surface area (Å²) in [5.41, 5.74) is 0.542. The number of aliphatic carboxylic acids is 1. The maximum absolute atomic E-state index is 12.0. The highest BCUT2D eigenvalue weighted by Gasteiger charge is 2.22. The van der Waals surface area contributed by atoms with Crippen LogP contribution < -0.4 is 4.74 Å². The minimum Gasteiger partial charge on any atom is -0.479 e. The van der Waals surface area contributed by atoms with Crippen molar-refractivity contribution in [3.8, 4) is 5.75 Å². The zero-order valence-corrected chi connectivity index (χ0v) is 23.5. The molecule has 0 heterocycles. The van der Waals surface area contributed by atoms with Crippen LogP contribution in [-0.4, -0.2) is 30.2 Å². The summed E-state index contributed by atoms with van der Waals surface area (Å²) in [6.45, 7) is 4.40. The number of carbonyl (C=O) groups is 1. The highest BCUT2D eigenvalue weighted by molar-refractivity contribution is 7.85. The fraction of sp³-hybridized carbons (Fsp3) is 0.759. The van der Waals surface area contributed by atoms with Crippen LogP contribution in [0.4, 0.5) is 0 Å². The molecular formula is C29H50O6S. The lowest BCUT2D eigenvalue weighted by Crippen LogP contribution is -2.27. The van der Waals surface area contributed by atoms with E-state index >= 15 is 0 Å².